The van der Waals surface area contributed by atoms with E-state index in [1.165, 1.54) is 0 Å². The molecule has 0 aliphatic rings. The van der Waals surface area contributed by atoms with Crippen LogP contribution >= 0.6 is 0 Å². The summed E-state index contributed by atoms with van der Waals surface area (Å²) < 4.78 is 1.75. The Morgan fingerprint density at radius 3 is 2.69 bits per heavy atom. The highest BCUT2D eigenvalue weighted by atomic mass is 16.1. The van der Waals surface area contributed by atoms with Crippen molar-refractivity contribution in [2.75, 3.05) is 5.32 Å². The zero-order chi connectivity index (χ0) is 17.8. The zero-order valence-corrected chi connectivity index (χ0v) is 13.7. The number of hydrogen-bond acceptors (Lipinski definition) is 5. The van der Waals surface area contributed by atoms with Gasteiger partial charge in [0.25, 0.3) is 5.91 Å². The molecule has 26 heavy (non-hydrogen) atoms. The first-order valence-corrected chi connectivity index (χ1v) is 7.97. The smallest absolute Gasteiger partial charge is 0.275 e. The van der Waals surface area contributed by atoms with E-state index >= 15 is 0 Å². The lowest BCUT2D eigenvalue weighted by atomic mass is 10.1. The number of anilines is 1. The van der Waals surface area contributed by atoms with Crippen LogP contribution in [0.25, 0.3) is 11.1 Å². The molecule has 4 heterocycles. The molecule has 0 aromatic carbocycles. The van der Waals surface area contributed by atoms with Crippen LogP contribution in [0.3, 0.4) is 0 Å². The lowest BCUT2D eigenvalue weighted by Gasteiger charge is -2.03. The second-order valence-electron chi connectivity index (χ2n) is 5.63. The van der Waals surface area contributed by atoms with Gasteiger partial charge in [-0.2, -0.15) is 10.2 Å². The van der Waals surface area contributed by atoms with Gasteiger partial charge in [-0.25, -0.2) is 0 Å². The first-order chi connectivity index (χ1) is 12.8. The predicted octanol–water partition coefficient (Wildman–Crippen LogP) is 2.36. The predicted molar refractivity (Wildman–Crippen MR) is 95.3 cm³/mol. The molecule has 0 bridgehead atoms. The van der Waals surface area contributed by atoms with E-state index in [1.807, 2.05) is 24.4 Å². The standard InChI is InChI=1S/C18H15N7O/c26-18(16-2-1-14(9-20-16)15-10-21-22-11-15)23-17-5-8-25(24-17)12-13-3-6-19-7-4-13/h1-11H,12H2,(H,21,22)(H,23,24,26). The number of hydrogen-bond donors (Lipinski definition) is 2. The van der Waals surface area contributed by atoms with Crippen LogP contribution in [-0.4, -0.2) is 35.9 Å². The molecule has 8 nitrogen and oxygen atoms in total. The molecular weight excluding hydrogens is 330 g/mol. The molecule has 0 aliphatic heterocycles. The van der Waals surface area contributed by atoms with E-state index in [0.717, 1.165) is 16.7 Å². The largest absolute Gasteiger partial charge is 0.304 e. The van der Waals surface area contributed by atoms with E-state index < -0.39 is 0 Å². The van der Waals surface area contributed by atoms with Crippen LogP contribution in [0.1, 0.15) is 16.1 Å². The minimum atomic E-state index is -0.307. The molecule has 0 saturated heterocycles. The Labute approximate surface area is 148 Å². The van der Waals surface area contributed by atoms with Crippen LogP contribution in [0.4, 0.5) is 5.82 Å². The number of nitrogens with zero attached hydrogens (tertiary/aromatic N) is 5. The van der Waals surface area contributed by atoms with Gasteiger partial charge < -0.3 is 5.32 Å². The molecule has 0 fully saturated rings. The van der Waals surface area contributed by atoms with Crippen molar-refractivity contribution in [2.24, 2.45) is 0 Å². The van der Waals surface area contributed by atoms with Crippen molar-refractivity contribution in [3.05, 3.63) is 78.8 Å². The highest BCUT2D eigenvalue weighted by molar-refractivity contribution is 6.02. The number of pyridine rings is 2. The van der Waals surface area contributed by atoms with Crippen molar-refractivity contribution in [2.45, 2.75) is 6.54 Å². The number of H-pyrrole nitrogens is 1. The number of nitrogens with one attached hydrogen (secondary N) is 2. The topological polar surface area (TPSA) is 101 Å². The monoisotopic (exact) mass is 345 g/mol. The van der Waals surface area contributed by atoms with Crippen LogP contribution < -0.4 is 5.32 Å². The van der Waals surface area contributed by atoms with E-state index in [9.17, 15) is 4.79 Å². The Kier molecular flexibility index (Phi) is 4.21. The molecular formula is C18H15N7O. The van der Waals surface area contributed by atoms with Gasteiger partial charge in [-0.05, 0) is 23.8 Å². The molecule has 0 unspecified atom stereocenters. The normalized spacial score (nSPS) is 10.6. The molecule has 2 N–H and O–H groups in total. The maximum Gasteiger partial charge on any atom is 0.275 e. The molecule has 0 saturated carbocycles. The van der Waals surface area contributed by atoms with Crippen molar-refractivity contribution in [1.29, 1.82) is 0 Å². The summed E-state index contributed by atoms with van der Waals surface area (Å²) in [5, 5.41) is 13.8. The Bertz CT molecular complexity index is 992. The van der Waals surface area contributed by atoms with E-state index in [4.69, 9.17) is 0 Å². The first-order valence-electron chi connectivity index (χ1n) is 7.97. The minimum Gasteiger partial charge on any atom is -0.304 e. The number of rotatable bonds is 5. The molecule has 4 aromatic rings. The Hall–Kier alpha value is -3.81. The summed E-state index contributed by atoms with van der Waals surface area (Å²) >= 11 is 0. The van der Waals surface area contributed by atoms with Gasteiger partial charge in [0, 0.05) is 48.2 Å². The fourth-order valence-electron chi connectivity index (χ4n) is 2.48. The lowest BCUT2D eigenvalue weighted by Crippen LogP contribution is -2.14. The van der Waals surface area contributed by atoms with E-state index in [-0.39, 0.29) is 5.91 Å². The summed E-state index contributed by atoms with van der Waals surface area (Å²) in [6.45, 7) is 0.607. The summed E-state index contributed by atoms with van der Waals surface area (Å²) in [6.07, 6.45) is 10.4. The number of carbonyl (C=O) groups excluding carboxylic acids is 1. The molecule has 0 radical (unpaired) electrons. The molecule has 0 atom stereocenters. The van der Waals surface area contributed by atoms with Gasteiger partial charge in [-0.1, -0.05) is 6.07 Å². The second-order valence-corrected chi connectivity index (χ2v) is 5.63. The van der Waals surface area contributed by atoms with Crippen molar-refractivity contribution in [3.8, 4) is 11.1 Å². The average molecular weight is 345 g/mol. The third-order valence-corrected chi connectivity index (χ3v) is 3.80. The van der Waals surface area contributed by atoms with Gasteiger partial charge in [0.05, 0.1) is 12.7 Å². The molecule has 4 aromatic heterocycles. The highest BCUT2D eigenvalue weighted by Gasteiger charge is 2.10. The number of amides is 1. The third-order valence-electron chi connectivity index (χ3n) is 3.80. The lowest BCUT2D eigenvalue weighted by molar-refractivity contribution is 0.102. The maximum atomic E-state index is 12.3. The van der Waals surface area contributed by atoms with Crippen molar-refractivity contribution >= 4 is 11.7 Å². The van der Waals surface area contributed by atoms with E-state index in [2.05, 4.69) is 30.6 Å². The van der Waals surface area contributed by atoms with Crippen molar-refractivity contribution < 1.29 is 4.79 Å². The zero-order valence-electron chi connectivity index (χ0n) is 13.7. The third kappa shape index (κ3) is 3.48. The number of carbonyl (C=O) groups is 1. The Balaban J connectivity index is 1.42. The second kappa shape index (κ2) is 6.98. The van der Waals surface area contributed by atoms with Gasteiger partial charge in [0.1, 0.15) is 5.69 Å². The van der Waals surface area contributed by atoms with Gasteiger partial charge in [-0.15, -0.1) is 0 Å². The first kappa shape index (κ1) is 15.7. The van der Waals surface area contributed by atoms with Crippen molar-refractivity contribution in [3.63, 3.8) is 0 Å². The SMILES string of the molecule is O=C(Nc1ccn(Cc2ccncc2)n1)c1ccc(-c2cn[nH]c2)cn1. The van der Waals surface area contributed by atoms with Gasteiger partial charge in [0.15, 0.2) is 5.82 Å². The van der Waals surface area contributed by atoms with E-state index in [1.54, 1.807) is 47.8 Å². The Morgan fingerprint density at radius 2 is 1.96 bits per heavy atom. The summed E-state index contributed by atoms with van der Waals surface area (Å²) in [5.41, 5.74) is 3.20. The molecule has 0 aliphatic carbocycles. The fraction of sp³-hybridized carbons (Fsp3) is 0.0556. The number of aromatic nitrogens is 6. The van der Waals surface area contributed by atoms with E-state index in [0.29, 0.717) is 18.1 Å². The van der Waals surface area contributed by atoms with Crippen LogP contribution in [0.15, 0.2) is 67.5 Å². The summed E-state index contributed by atoms with van der Waals surface area (Å²) in [6, 6.07) is 9.09. The Morgan fingerprint density at radius 1 is 1.08 bits per heavy atom. The number of aromatic amines is 1. The molecule has 8 heteroatoms. The molecule has 128 valence electrons. The van der Waals surface area contributed by atoms with Crippen molar-refractivity contribution in [1.82, 2.24) is 29.9 Å². The van der Waals surface area contributed by atoms with Gasteiger partial charge >= 0.3 is 0 Å². The summed E-state index contributed by atoms with van der Waals surface area (Å²) in [5.74, 6) is 0.169. The summed E-state index contributed by atoms with van der Waals surface area (Å²) in [7, 11) is 0. The van der Waals surface area contributed by atoms with Crippen LogP contribution in [0.2, 0.25) is 0 Å². The van der Waals surface area contributed by atoms with Gasteiger partial charge in [-0.3, -0.25) is 24.5 Å². The average Bonchev–Trinajstić information content (AvgIpc) is 3.35. The summed E-state index contributed by atoms with van der Waals surface area (Å²) in [4.78, 5) is 20.5. The quantitative estimate of drug-likeness (QED) is 0.578. The highest BCUT2D eigenvalue weighted by Crippen LogP contribution is 2.16. The van der Waals surface area contributed by atoms with Crippen LogP contribution in [0, 0.1) is 0 Å². The molecule has 4 rings (SSSR count). The van der Waals surface area contributed by atoms with Crippen LogP contribution in [-0.2, 0) is 6.54 Å². The van der Waals surface area contributed by atoms with Gasteiger partial charge in [0.2, 0.25) is 0 Å². The minimum absolute atomic E-state index is 0.307. The molecule has 0 spiro atoms. The fourth-order valence-corrected chi connectivity index (χ4v) is 2.48. The maximum absolute atomic E-state index is 12.3. The molecule has 1 amide bonds. The van der Waals surface area contributed by atoms with Crippen LogP contribution in [0.5, 0.6) is 0 Å².